The average molecular weight is 367 g/mol. The molecule has 0 saturated carbocycles. The smallest absolute Gasteiger partial charge is 0.205 e. The van der Waals surface area contributed by atoms with Crippen LogP contribution in [0.25, 0.3) is 6.08 Å². The highest BCUT2D eigenvalue weighted by Crippen LogP contribution is 2.43. The second kappa shape index (κ2) is 6.52. The molecule has 0 aromatic carbocycles. The topological polar surface area (TPSA) is 62.3 Å². The maximum Gasteiger partial charge on any atom is 0.205 e. The SMILES string of the molecule is CN1CC2=C(OC(N)=C(C#N)C2c2ccsc2)/C(=C\c2ccsc2)C1. The largest absolute Gasteiger partial charge is 0.440 e. The fraction of sp³-hybridized carbons (Fsp3) is 0.211. The van der Waals surface area contributed by atoms with E-state index < -0.39 is 0 Å². The number of rotatable bonds is 2. The predicted octanol–water partition coefficient (Wildman–Crippen LogP) is 3.90. The number of nitriles is 1. The number of hydrogen-bond donors (Lipinski definition) is 1. The van der Waals surface area contributed by atoms with E-state index in [1.165, 1.54) is 0 Å². The second-order valence-electron chi connectivity index (χ2n) is 6.23. The van der Waals surface area contributed by atoms with Crippen molar-refractivity contribution in [1.29, 1.82) is 5.26 Å². The third-order valence-electron chi connectivity index (χ3n) is 4.46. The standard InChI is InChI=1S/C19H17N3OS2/c1-22-8-14(6-12-2-4-24-10-12)18-16(9-22)17(13-3-5-25-11-13)15(7-20)19(21)23-18/h2-6,10-11,17H,8-9,21H2,1H3/b14-6-. The Bertz CT molecular complexity index is 915. The van der Waals surface area contributed by atoms with E-state index in [-0.39, 0.29) is 11.8 Å². The van der Waals surface area contributed by atoms with Crippen LogP contribution in [0.1, 0.15) is 17.0 Å². The van der Waals surface area contributed by atoms with Crippen LogP contribution in [0.2, 0.25) is 0 Å². The van der Waals surface area contributed by atoms with Crippen molar-refractivity contribution < 1.29 is 4.74 Å². The van der Waals surface area contributed by atoms with Crippen molar-refractivity contribution in [2.75, 3.05) is 20.1 Å². The average Bonchev–Trinajstić information content (AvgIpc) is 3.28. The Kier molecular flexibility index (Phi) is 4.22. The Labute approximate surface area is 154 Å². The van der Waals surface area contributed by atoms with E-state index in [2.05, 4.69) is 52.4 Å². The van der Waals surface area contributed by atoms with Gasteiger partial charge in [0.25, 0.3) is 0 Å². The van der Waals surface area contributed by atoms with Crippen molar-refractivity contribution in [2.45, 2.75) is 5.92 Å². The van der Waals surface area contributed by atoms with Crippen molar-refractivity contribution in [1.82, 2.24) is 4.90 Å². The summed E-state index contributed by atoms with van der Waals surface area (Å²) in [6.07, 6.45) is 2.15. The summed E-state index contributed by atoms with van der Waals surface area (Å²) >= 11 is 3.30. The van der Waals surface area contributed by atoms with Gasteiger partial charge < -0.3 is 10.5 Å². The summed E-state index contributed by atoms with van der Waals surface area (Å²) in [4.78, 5) is 2.25. The lowest BCUT2D eigenvalue weighted by Crippen LogP contribution is -2.35. The summed E-state index contributed by atoms with van der Waals surface area (Å²) in [5.41, 5.74) is 11.1. The molecule has 2 aromatic heterocycles. The minimum atomic E-state index is -0.131. The molecule has 4 rings (SSSR count). The molecule has 2 aliphatic heterocycles. The molecule has 1 atom stereocenters. The van der Waals surface area contributed by atoms with E-state index in [9.17, 15) is 5.26 Å². The summed E-state index contributed by atoms with van der Waals surface area (Å²) in [6, 6.07) is 6.42. The summed E-state index contributed by atoms with van der Waals surface area (Å²) in [6.45, 7) is 1.55. The lowest BCUT2D eigenvalue weighted by atomic mass is 9.81. The molecule has 0 bridgehead atoms. The Morgan fingerprint density at radius 2 is 2.08 bits per heavy atom. The highest BCUT2D eigenvalue weighted by Gasteiger charge is 2.37. The van der Waals surface area contributed by atoms with Gasteiger partial charge in [0.15, 0.2) is 0 Å². The number of ether oxygens (including phenoxy) is 1. The molecule has 6 heteroatoms. The van der Waals surface area contributed by atoms with Gasteiger partial charge in [-0.3, -0.25) is 4.90 Å². The molecular formula is C19H17N3OS2. The predicted molar refractivity (Wildman–Crippen MR) is 102 cm³/mol. The Morgan fingerprint density at radius 3 is 2.76 bits per heavy atom. The second-order valence-corrected chi connectivity index (χ2v) is 7.79. The fourth-order valence-corrected chi connectivity index (χ4v) is 4.72. The number of thiophene rings is 2. The van der Waals surface area contributed by atoms with Crippen molar-refractivity contribution >= 4 is 28.7 Å². The van der Waals surface area contributed by atoms with Crippen LogP contribution < -0.4 is 5.73 Å². The van der Waals surface area contributed by atoms with Crippen LogP contribution in [-0.2, 0) is 4.74 Å². The molecule has 1 unspecified atom stereocenters. The third-order valence-corrected chi connectivity index (χ3v) is 5.86. The number of hydrogen-bond acceptors (Lipinski definition) is 6. The summed E-state index contributed by atoms with van der Waals surface area (Å²) in [7, 11) is 2.09. The van der Waals surface area contributed by atoms with Gasteiger partial charge >= 0.3 is 0 Å². The minimum Gasteiger partial charge on any atom is -0.440 e. The first-order valence-electron chi connectivity index (χ1n) is 7.91. The Balaban J connectivity index is 1.87. The number of allylic oxidation sites excluding steroid dienone is 1. The first-order valence-corrected chi connectivity index (χ1v) is 9.80. The van der Waals surface area contributed by atoms with Crippen LogP contribution in [-0.4, -0.2) is 25.0 Å². The number of nitrogens with two attached hydrogens (primary N) is 1. The van der Waals surface area contributed by atoms with Crippen molar-refractivity contribution in [2.24, 2.45) is 5.73 Å². The third kappa shape index (κ3) is 2.91. The molecule has 0 saturated heterocycles. The van der Waals surface area contributed by atoms with E-state index in [1.54, 1.807) is 22.7 Å². The van der Waals surface area contributed by atoms with Gasteiger partial charge in [0.1, 0.15) is 17.4 Å². The van der Waals surface area contributed by atoms with E-state index in [0.717, 1.165) is 41.1 Å². The lowest BCUT2D eigenvalue weighted by molar-refractivity contribution is 0.251. The van der Waals surface area contributed by atoms with Crippen LogP contribution in [0.3, 0.4) is 0 Å². The Hall–Kier alpha value is -2.33. The van der Waals surface area contributed by atoms with Crippen molar-refractivity contribution in [3.8, 4) is 6.07 Å². The van der Waals surface area contributed by atoms with Crippen molar-refractivity contribution in [3.63, 3.8) is 0 Å². The van der Waals surface area contributed by atoms with Crippen LogP contribution >= 0.6 is 22.7 Å². The van der Waals surface area contributed by atoms with Crippen LogP contribution in [0.4, 0.5) is 0 Å². The lowest BCUT2D eigenvalue weighted by Gasteiger charge is -2.36. The molecule has 0 aliphatic carbocycles. The quantitative estimate of drug-likeness (QED) is 0.874. The zero-order valence-electron chi connectivity index (χ0n) is 13.7. The highest BCUT2D eigenvalue weighted by atomic mass is 32.1. The van der Waals surface area contributed by atoms with Gasteiger partial charge in [-0.1, -0.05) is 0 Å². The molecule has 2 aliphatic rings. The summed E-state index contributed by atoms with van der Waals surface area (Å²) in [5.74, 6) is 0.920. The summed E-state index contributed by atoms with van der Waals surface area (Å²) in [5, 5.41) is 17.9. The number of nitrogens with zero attached hydrogens (tertiary/aromatic N) is 2. The van der Waals surface area contributed by atoms with Crippen molar-refractivity contribution in [3.05, 3.63) is 73.1 Å². The monoisotopic (exact) mass is 367 g/mol. The van der Waals surface area contributed by atoms with Gasteiger partial charge in [0.2, 0.25) is 5.88 Å². The first-order chi connectivity index (χ1) is 12.2. The highest BCUT2D eigenvalue weighted by molar-refractivity contribution is 7.08. The van der Waals surface area contributed by atoms with Gasteiger partial charge in [0.05, 0.1) is 5.92 Å². The van der Waals surface area contributed by atoms with Gasteiger partial charge in [0, 0.05) is 18.7 Å². The molecule has 0 spiro atoms. The maximum absolute atomic E-state index is 9.65. The van der Waals surface area contributed by atoms with Gasteiger partial charge in [-0.15, -0.1) is 0 Å². The molecule has 0 fully saturated rings. The van der Waals surface area contributed by atoms with Gasteiger partial charge in [-0.25, -0.2) is 0 Å². The van der Waals surface area contributed by atoms with Crippen LogP contribution in [0.15, 0.2) is 62.0 Å². The van der Waals surface area contributed by atoms with Gasteiger partial charge in [-0.2, -0.15) is 27.9 Å². The first kappa shape index (κ1) is 16.2. The van der Waals surface area contributed by atoms with E-state index >= 15 is 0 Å². The molecular weight excluding hydrogens is 350 g/mol. The van der Waals surface area contributed by atoms with E-state index in [0.29, 0.717) is 5.57 Å². The molecule has 2 aromatic rings. The molecule has 2 N–H and O–H groups in total. The molecule has 126 valence electrons. The molecule has 4 heterocycles. The minimum absolute atomic E-state index is 0.131. The van der Waals surface area contributed by atoms with E-state index in [4.69, 9.17) is 10.5 Å². The van der Waals surface area contributed by atoms with Crippen LogP contribution in [0.5, 0.6) is 0 Å². The molecule has 4 nitrogen and oxygen atoms in total. The normalized spacial score (nSPS) is 22.7. The van der Waals surface area contributed by atoms with Crippen LogP contribution in [0, 0.1) is 11.3 Å². The molecule has 0 amide bonds. The zero-order valence-corrected chi connectivity index (χ0v) is 15.4. The molecule has 25 heavy (non-hydrogen) atoms. The maximum atomic E-state index is 9.65. The molecule has 0 radical (unpaired) electrons. The van der Waals surface area contributed by atoms with E-state index in [1.807, 2.05) is 5.38 Å². The van der Waals surface area contributed by atoms with Gasteiger partial charge in [-0.05, 0) is 63.5 Å². The fourth-order valence-electron chi connectivity index (χ4n) is 3.42. The summed E-state index contributed by atoms with van der Waals surface area (Å²) < 4.78 is 5.96. The number of likely N-dealkylation sites (N-methyl/N-ethyl adjacent to an activating group) is 1. The Morgan fingerprint density at radius 1 is 1.28 bits per heavy atom. The zero-order chi connectivity index (χ0) is 17.4.